The number of methoxy groups -OCH3 is 1. The van der Waals surface area contributed by atoms with Crippen LogP contribution in [-0.4, -0.2) is 37.8 Å². The van der Waals surface area contributed by atoms with Gasteiger partial charge in [0.05, 0.1) is 5.69 Å². The highest BCUT2D eigenvalue weighted by Gasteiger charge is 2.25. The van der Waals surface area contributed by atoms with Crippen LogP contribution < -0.4 is 10.3 Å². The van der Waals surface area contributed by atoms with E-state index in [0.717, 1.165) is 12.0 Å². The summed E-state index contributed by atoms with van der Waals surface area (Å²) in [6, 6.07) is 5.26. The summed E-state index contributed by atoms with van der Waals surface area (Å²) in [5.41, 5.74) is 1.83. The minimum absolute atomic E-state index is 0.152. The van der Waals surface area contributed by atoms with Crippen molar-refractivity contribution in [2.24, 2.45) is 5.10 Å². The van der Waals surface area contributed by atoms with Gasteiger partial charge in [-0.15, -0.1) is 0 Å². The molecule has 7 heteroatoms. The number of hydrogen-bond acceptors (Lipinski definition) is 4. The van der Waals surface area contributed by atoms with E-state index in [4.69, 9.17) is 16.3 Å². The van der Waals surface area contributed by atoms with E-state index < -0.39 is 0 Å². The fourth-order valence-electron chi connectivity index (χ4n) is 2.15. The molecule has 0 spiro atoms. The summed E-state index contributed by atoms with van der Waals surface area (Å²) in [5, 5.41) is 8.79. The number of aryl methyl sites for hydroxylation is 1. The second-order valence-corrected chi connectivity index (χ2v) is 5.70. The molecule has 23 heavy (non-hydrogen) atoms. The number of hydrazone groups is 1. The monoisotopic (exact) mass is 337 g/mol. The third kappa shape index (κ3) is 4.53. The van der Waals surface area contributed by atoms with Crippen molar-refractivity contribution < 1.29 is 14.3 Å². The van der Waals surface area contributed by atoms with Crippen LogP contribution in [0.4, 0.5) is 5.69 Å². The first-order valence-corrected chi connectivity index (χ1v) is 7.84. The maximum Gasteiger partial charge on any atom is 0.267 e. The van der Waals surface area contributed by atoms with Crippen LogP contribution in [-0.2, 0) is 14.3 Å². The summed E-state index contributed by atoms with van der Waals surface area (Å²) >= 11 is 6.10. The van der Waals surface area contributed by atoms with E-state index >= 15 is 0 Å². The Morgan fingerprint density at radius 1 is 1.43 bits per heavy atom. The molecule has 0 saturated carbocycles. The predicted octanol–water partition coefficient (Wildman–Crippen LogP) is 2.28. The van der Waals surface area contributed by atoms with Crippen LogP contribution in [0, 0.1) is 6.92 Å². The Kier molecular flexibility index (Phi) is 6.12. The number of ether oxygens (including phenoxy) is 1. The van der Waals surface area contributed by atoms with Crippen LogP contribution >= 0.6 is 11.6 Å². The number of anilines is 1. The Bertz CT molecular complexity index is 631. The number of halogens is 1. The number of carbonyl (C=O) groups excluding carboxylic acids is 2. The van der Waals surface area contributed by atoms with Gasteiger partial charge >= 0.3 is 0 Å². The zero-order valence-corrected chi connectivity index (χ0v) is 14.0. The molecule has 0 fully saturated rings. The molecular weight excluding hydrogens is 318 g/mol. The lowest BCUT2D eigenvalue weighted by Gasteiger charge is -2.23. The molecule has 1 N–H and O–H groups in total. The van der Waals surface area contributed by atoms with Crippen molar-refractivity contribution in [1.29, 1.82) is 0 Å². The number of benzene rings is 1. The van der Waals surface area contributed by atoms with Gasteiger partial charge in [0.15, 0.2) is 0 Å². The number of nitrogens with one attached hydrogen (secondary N) is 1. The third-order valence-corrected chi connectivity index (χ3v) is 3.91. The van der Waals surface area contributed by atoms with E-state index in [1.807, 2.05) is 13.0 Å². The van der Waals surface area contributed by atoms with E-state index in [9.17, 15) is 9.59 Å². The third-order valence-electron chi connectivity index (χ3n) is 3.51. The maximum atomic E-state index is 12.1. The summed E-state index contributed by atoms with van der Waals surface area (Å²) in [5.74, 6) is -0.405. The SMILES string of the molecule is COCCCNC(=O)C1=NN(c2ccc(C)c(Cl)c2)C(=O)CC1. The molecule has 1 aliphatic heterocycles. The van der Waals surface area contributed by atoms with Crippen molar-refractivity contribution in [2.45, 2.75) is 26.2 Å². The molecule has 6 nitrogen and oxygen atoms in total. The van der Waals surface area contributed by atoms with Gasteiger partial charge in [-0.05, 0) is 31.0 Å². The average Bonchev–Trinajstić information content (AvgIpc) is 2.54. The molecule has 1 heterocycles. The topological polar surface area (TPSA) is 71.0 Å². The number of nitrogens with zero attached hydrogens (tertiary/aromatic N) is 2. The first kappa shape index (κ1) is 17.4. The Hall–Kier alpha value is -1.92. The summed E-state index contributed by atoms with van der Waals surface area (Å²) in [4.78, 5) is 24.2. The zero-order chi connectivity index (χ0) is 16.8. The molecular formula is C16H20ClN3O3. The summed E-state index contributed by atoms with van der Waals surface area (Å²) in [6.45, 7) is 2.97. The van der Waals surface area contributed by atoms with Crippen molar-refractivity contribution in [3.8, 4) is 0 Å². The van der Waals surface area contributed by atoms with Crippen molar-refractivity contribution in [2.75, 3.05) is 25.3 Å². The van der Waals surface area contributed by atoms with Crippen LogP contribution in [0.3, 0.4) is 0 Å². The first-order valence-electron chi connectivity index (χ1n) is 7.46. The lowest BCUT2D eigenvalue weighted by Crippen LogP contribution is -2.39. The quantitative estimate of drug-likeness (QED) is 0.809. The normalized spacial score (nSPS) is 14.7. The smallest absolute Gasteiger partial charge is 0.267 e. The van der Waals surface area contributed by atoms with Gasteiger partial charge in [-0.2, -0.15) is 5.10 Å². The largest absolute Gasteiger partial charge is 0.385 e. The average molecular weight is 338 g/mol. The van der Waals surface area contributed by atoms with E-state index in [2.05, 4.69) is 10.4 Å². The minimum atomic E-state index is -0.253. The molecule has 0 aromatic heterocycles. The van der Waals surface area contributed by atoms with Gasteiger partial charge < -0.3 is 10.1 Å². The van der Waals surface area contributed by atoms with Crippen LogP contribution in [0.15, 0.2) is 23.3 Å². The van der Waals surface area contributed by atoms with Crippen LogP contribution in [0.1, 0.15) is 24.8 Å². The molecule has 1 aromatic rings. The molecule has 0 bridgehead atoms. The van der Waals surface area contributed by atoms with Gasteiger partial charge in [-0.3, -0.25) is 9.59 Å². The first-order chi connectivity index (χ1) is 11.0. The lowest BCUT2D eigenvalue weighted by molar-refractivity contribution is -0.118. The molecule has 0 saturated heterocycles. The molecule has 124 valence electrons. The molecule has 2 amide bonds. The van der Waals surface area contributed by atoms with E-state index in [1.165, 1.54) is 5.01 Å². The number of carbonyl (C=O) groups is 2. The lowest BCUT2D eigenvalue weighted by atomic mass is 10.1. The Morgan fingerprint density at radius 3 is 2.91 bits per heavy atom. The number of rotatable bonds is 6. The van der Waals surface area contributed by atoms with E-state index in [0.29, 0.717) is 36.0 Å². The number of amides is 2. The molecule has 0 atom stereocenters. The van der Waals surface area contributed by atoms with Crippen molar-refractivity contribution >= 4 is 34.8 Å². The van der Waals surface area contributed by atoms with Crippen molar-refractivity contribution in [1.82, 2.24) is 5.32 Å². The second kappa shape index (κ2) is 8.08. The van der Waals surface area contributed by atoms with Crippen LogP contribution in [0.2, 0.25) is 5.02 Å². The van der Waals surface area contributed by atoms with E-state index in [-0.39, 0.29) is 18.2 Å². The Morgan fingerprint density at radius 2 is 2.22 bits per heavy atom. The van der Waals surface area contributed by atoms with Crippen molar-refractivity contribution in [3.63, 3.8) is 0 Å². The molecule has 1 aliphatic rings. The molecule has 0 aliphatic carbocycles. The fraction of sp³-hybridized carbons (Fsp3) is 0.438. The van der Waals surface area contributed by atoms with Gasteiger partial charge in [0.2, 0.25) is 5.91 Å². The van der Waals surface area contributed by atoms with Gasteiger partial charge in [0, 0.05) is 38.1 Å². The summed E-state index contributed by atoms with van der Waals surface area (Å²) < 4.78 is 4.93. The maximum absolute atomic E-state index is 12.1. The van der Waals surface area contributed by atoms with Gasteiger partial charge in [0.1, 0.15) is 5.71 Å². The zero-order valence-electron chi connectivity index (χ0n) is 13.3. The highest BCUT2D eigenvalue weighted by Crippen LogP contribution is 2.25. The van der Waals surface area contributed by atoms with Gasteiger partial charge in [-0.25, -0.2) is 5.01 Å². The standard InChI is InChI=1S/C16H20ClN3O3/c1-11-4-5-12(10-13(11)17)20-15(21)7-6-14(19-20)16(22)18-8-3-9-23-2/h4-5,10H,3,6-9H2,1-2H3,(H,18,22). The van der Waals surface area contributed by atoms with E-state index in [1.54, 1.807) is 19.2 Å². The fourth-order valence-corrected chi connectivity index (χ4v) is 2.33. The summed E-state index contributed by atoms with van der Waals surface area (Å²) in [6.07, 6.45) is 1.31. The highest BCUT2D eigenvalue weighted by molar-refractivity contribution is 6.40. The van der Waals surface area contributed by atoms with Gasteiger partial charge in [0.25, 0.3) is 5.91 Å². The molecule has 0 unspecified atom stereocenters. The molecule has 1 aromatic carbocycles. The second-order valence-electron chi connectivity index (χ2n) is 5.29. The minimum Gasteiger partial charge on any atom is -0.385 e. The summed E-state index contributed by atoms with van der Waals surface area (Å²) in [7, 11) is 1.61. The predicted molar refractivity (Wildman–Crippen MR) is 89.8 cm³/mol. The molecule has 2 rings (SSSR count). The van der Waals surface area contributed by atoms with Crippen molar-refractivity contribution in [3.05, 3.63) is 28.8 Å². The highest BCUT2D eigenvalue weighted by atomic mass is 35.5. The molecule has 0 radical (unpaired) electrons. The van der Waals surface area contributed by atoms with Gasteiger partial charge in [-0.1, -0.05) is 17.7 Å². The Labute approximate surface area is 140 Å². The number of hydrogen-bond donors (Lipinski definition) is 1. The van der Waals surface area contributed by atoms with Crippen LogP contribution in [0.25, 0.3) is 0 Å². The van der Waals surface area contributed by atoms with Crippen LogP contribution in [0.5, 0.6) is 0 Å². The Balaban J connectivity index is 2.11.